The molecule has 0 radical (unpaired) electrons. The quantitative estimate of drug-likeness (QED) is 0.554. The van der Waals surface area contributed by atoms with Crippen molar-refractivity contribution in [1.82, 2.24) is 25.7 Å². The molecule has 0 fully saturated rings. The lowest BCUT2D eigenvalue weighted by molar-refractivity contribution is -0.129. The highest BCUT2D eigenvalue weighted by molar-refractivity contribution is 6.33. The molecule has 0 bridgehead atoms. The standard InChI is InChI=1S/C20H20ClN5O3/c1-12(22-20(29)13-7-3-4-8-14(13)21)19(28)25-24-18(27)11-17-23-15-9-5-6-10-16(15)26(17)2/h3-10,12H,11H2,1-2H3,(H,22,29)(H,24,27)(H,25,28). The van der Waals surface area contributed by atoms with Crippen molar-refractivity contribution < 1.29 is 14.4 Å². The third-order valence-electron chi connectivity index (χ3n) is 4.38. The molecular weight excluding hydrogens is 394 g/mol. The lowest BCUT2D eigenvalue weighted by Gasteiger charge is -2.15. The first kappa shape index (κ1) is 20.3. The minimum atomic E-state index is -0.880. The fourth-order valence-electron chi connectivity index (χ4n) is 2.77. The first-order valence-corrected chi connectivity index (χ1v) is 9.29. The smallest absolute Gasteiger partial charge is 0.260 e. The van der Waals surface area contributed by atoms with E-state index in [2.05, 4.69) is 21.2 Å². The number of carbonyl (C=O) groups is 3. The summed E-state index contributed by atoms with van der Waals surface area (Å²) in [5.41, 5.74) is 6.61. The van der Waals surface area contributed by atoms with Crippen LogP contribution >= 0.6 is 11.6 Å². The molecule has 3 N–H and O–H groups in total. The van der Waals surface area contributed by atoms with Gasteiger partial charge in [0.1, 0.15) is 11.9 Å². The van der Waals surface area contributed by atoms with Crippen molar-refractivity contribution in [3.05, 3.63) is 64.9 Å². The molecule has 150 valence electrons. The second-order valence-corrected chi connectivity index (χ2v) is 6.87. The second-order valence-electron chi connectivity index (χ2n) is 6.46. The number of amides is 3. The van der Waals surface area contributed by atoms with Gasteiger partial charge in [-0.05, 0) is 31.2 Å². The highest BCUT2D eigenvalue weighted by Gasteiger charge is 2.19. The van der Waals surface area contributed by atoms with E-state index in [0.29, 0.717) is 5.82 Å². The SMILES string of the molecule is CC(NC(=O)c1ccccc1Cl)C(=O)NNC(=O)Cc1nc2ccccc2n1C. The summed E-state index contributed by atoms with van der Waals surface area (Å²) in [5.74, 6) is -0.910. The molecular formula is C20H20ClN5O3. The van der Waals surface area contributed by atoms with Crippen LogP contribution in [0.2, 0.25) is 5.02 Å². The van der Waals surface area contributed by atoms with Crippen LogP contribution < -0.4 is 16.2 Å². The Labute approximate surface area is 172 Å². The summed E-state index contributed by atoms with van der Waals surface area (Å²) in [6, 6.07) is 13.2. The van der Waals surface area contributed by atoms with E-state index in [9.17, 15) is 14.4 Å². The minimum Gasteiger partial charge on any atom is -0.340 e. The summed E-state index contributed by atoms with van der Waals surface area (Å²) in [5, 5.41) is 2.82. The van der Waals surface area contributed by atoms with Crippen molar-refractivity contribution in [2.75, 3.05) is 0 Å². The van der Waals surface area contributed by atoms with Gasteiger partial charge in [0.15, 0.2) is 0 Å². The van der Waals surface area contributed by atoms with E-state index in [0.717, 1.165) is 11.0 Å². The summed E-state index contributed by atoms with van der Waals surface area (Å²) < 4.78 is 1.82. The molecule has 3 aromatic rings. The summed E-state index contributed by atoms with van der Waals surface area (Å²) in [4.78, 5) is 41.0. The van der Waals surface area contributed by atoms with Gasteiger partial charge in [-0.3, -0.25) is 25.2 Å². The maximum absolute atomic E-state index is 12.2. The Morgan fingerprint density at radius 1 is 1.07 bits per heavy atom. The first-order valence-electron chi connectivity index (χ1n) is 8.91. The van der Waals surface area contributed by atoms with Gasteiger partial charge in [-0.2, -0.15) is 0 Å². The van der Waals surface area contributed by atoms with E-state index in [1.54, 1.807) is 24.3 Å². The molecule has 0 aliphatic heterocycles. The molecule has 2 aromatic carbocycles. The average Bonchev–Trinajstić information content (AvgIpc) is 3.02. The van der Waals surface area contributed by atoms with Crippen molar-refractivity contribution >= 4 is 40.4 Å². The molecule has 9 heteroatoms. The Hall–Kier alpha value is -3.39. The first-order chi connectivity index (χ1) is 13.9. The predicted molar refractivity (Wildman–Crippen MR) is 109 cm³/mol. The highest BCUT2D eigenvalue weighted by Crippen LogP contribution is 2.15. The molecule has 0 saturated heterocycles. The van der Waals surface area contributed by atoms with Gasteiger partial charge < -0.3 is 9.88 Å². The Morgan fingerprint density at radius 2 is 1.76 bits per heavy atom. The Morgan fingerprint density at radius 3 is 2.48 bits per heavy atom. The number of carbonyl (C=O) groups excluding carboxylic acids is 3. The van der Waals surface area contributed by atoms with Gasteiger partial charge in [0.2, 0.25) is 5.91 Å². The number of hydrazine groups is 1. The Balaban J connectivity index is 1.52. The van der Waals surface area contributed by atoms with Crippen LogP contribution in [0.25, 0.3) is 11.0 Å². The van der Waals surface area contributed by atoms with E-state index in [4.69, 9.17) is 11.6 Å². The summed E-state index contributed by atoms with van der Waals surface area (Å²) >= 11 is 5.98. The fourth-order valence-corrected chi connectivity index (χ4v) is 2.99. The molecule has 0 aliphatic carbocycles. The predicted octanol–water partition coefficient (Wildman–Crippen LogP) is 1.74. The largest absolute Gasteiger partial charge is 0.340 e. The molecule has 29 heavy (non-hydrogen) atoms. The molecule has 1 aromatic heterocycles. The molecule has 1 atom stereocenters. The normalized spacial score (nSPS) is 11.7. The third kappa shape index (κ3) is 4.72. The number of nitrogens with one attached hydrogen (secondary N) is 3. The molecule has 1 unspecified atom stereocenters. The van der Waals surface area contributed by atoms with Crippen LogP contribution in [0, 0.1) is 0 Å². The highest BCUT2D eigenvalue weighted by atomic mass is 35.5. The summed E-state index contributed by atoms with van der Waals surface area (Å²) in [6.07, 6.45) is -0.00811. The number of aromatic nitrogens is 2. The number of fused-ring (bicyclic) bond motifs is 1. The number of nitrogens with zero attached hydrogens (tertiary/aromatic N) is 2. The monoisotopic (exact) mass is 413 g/mol. The third-order valence-corrected chi connectivity index (χ3v) is 4.71. The van der Waals surface area contributed by atoms with Gasteiger partial charge in [-0.15, -0.1) is 0 Å². The Bertz CT molecular complexity index is 1080. The number of hydrogen-bond acceptors (Lipinski definition) is 4. The van der Waals surface area contributed by atoms with Crippen molar-refractivity contribution in [3.63, 3.8) is 0 Å². The van der Waals surface area contributed by atoms with Gasteiger partial charge in [0.05, 0.1) is 28.0 Å². The summed E-state index contributed by atoms with van der Waals surface area (Å²) in [7, 11) is 1.82. The molecule has 0 spiro atoms. The number of aryl methyl sites for hydroxylation is 1. The second kappa shape index (κ2) is 8.74. The molecule has 8 nitrogen and oxygen atoms in total. The van der Waals surface area contributed by atoms with Crippen LogP contribution in [-0.4, -0.2) is 33.3 Å². The van der Waals surface area contributed by atoms with Crippen LogP contribution in [0.4, 0.5) is 0 Å². The van der Waals surface area contributed by atoms with Gasteiger partial charge in [-0.1, -0.05) is 35.9 Å². The van der Waals surface area contributed by atoms with Crippen LogP contribution in [0.3, 0.4) is 0 Å². The topological polar surface area (TPSA) is 105 Å². The maximum Gasteiger partial charge on any atom is 0.260 e. The number of rotatable bonds is 5. The van der Waals surface area contributed by atoms with Gasteiger partial charge >= 0.3 is 0 Å². The van der Waals surface area contributed by atoms with Crippen molar-refractivity contribution in [3.8, 4) is 0 Å². The molecule has 3 rings (SSSR count). The van der Waals surface area contributed by atoms with E-state index in [-0.39, 0.29) is 17.0 Å². The number of hydrogen-bond donors (Lipinski definition) is 3. The minimum absolute atomic E-state index is 0.00811. The lowest BCUT2D eigenvalue weighted by atomic mass is 10.2. The zero-order valence-corrected chi connectivity index (χ0v) is 16.7. The van der Waals surface area contributed by atoms with E-state index < -0.39 is 23.8 Å². The van der Waals surface area contributed by atoms with Gasteiger partial charge in [-0.25, -0.2) is 4.98 Å². The maximum atomic E-state index is 12.2. The van der Waals surface area contributed by atoms with Gasteiger partial charge in [0, 0.05) is 7.05 Å². The zero-order valence-electron chi connectivity index (χ0n) is 15.9. The number of para-hydroxylation sites is 2. The average molecular weight is 414 g/mol. The van der Waals surface area contributed by atoms with Crippen LogP contribution in [0.15, 0.2) is 48.5 Å². The van der Waals surface area contributed by atoms with Crippen LogP contribution in [0.5, 0.6) is 0 Å². The number of benzene rings is 2. The van der Waals surface area contributed by atoms with Crippen molar-refractivity contribution in [2.24, 2.45) is 7.05 Å². The van der Waals surface area contributed by atoms with E-state index in [1.165, 1.54) is 6.92 Å². The molecule has 0 aliphatic rings. The van der Waals surface area contributed by atoms with Crippen LogP contribution in [0.1, 0.15) is 23.1 Å². The van der Waals surface area contributed by atoms with Crippen molar-refractivity contribution in [2.45, 2.75) is 19.4 Å². The number of halogens is 1. The van der Waals surface area contributed by atoms with Gasteiger partial charge in [0.25, 0.3) is 11.8 Å². The van der Waals surface area contributed by atoms with Crippen molar-refractivity contribution in [1.29, 1.82) is 0 Å². The molecule has 3 amide bonds. The summed E-state index contributed by atoms with van der Waals surface area (Å²) in [6.45, 7) is 1.50. The van der Waals surface area contributed by atoms with Crippen LogP contribution in [-0.2, 0) is 23.1 Å². The lowest BCUT2D eigenvalue weighted by Crippen LogP contribution is -2.51. The van der Waals surface area contributed by atoms with E-state index in [1.807, 2.05) is 35.9 Å². The zero-order chi connectivity index (χ0) is 21.0. The fraction of sp³-hybridized carbons (Fsp3) is 0.200. The Kier molecular flexibility index (Phi) is 6.13. The van der Waals surface area contributed by atoms with E-state index >= 15 is 0 Å². The molecule has 0 saturated carbocycles. The molecule has 1 heterocycles. The number of imidazole rings is 1.